The SMILES string of the molecule is C[C@@H]1COCCN1c1nc(-c2cc(F)cc3[nH]ccc23)nc2c(S(C)(=O)=O)csc12. The minimum atomic E-state index is -3.49. The number of thiophene rings is 1. The van der Waals surface area contributed by atoms with E-state index in [1.807, 2.05) is 13.0 Å². The van der Waals surface area contributed by atoms with E-state index < -0.39 is 15.7 Å². The van der Waals surface area contributed by atoms with Crippen LogP contribution in [0.15, 0.2) is 34.7 Å². The summed E-state index contributed by atoms with van der Waals surface area (Å²) in [6, 6.07) is 4.69. The minimum Gasteiger partial charge on any atom is -0.377 e. The van der Waals surface area contributed by atoms with Crippen LogP contribution in [0.4, 0.5) is 10.2 Å². The monoisotopic (exact) mass is 446 g/mol. The topological polar surface area (TPSA) is 88.2 Å². The molecule has 0 unspecified atom stereocenters. The maximum Gasteiger partial charge on any atom is 0.178 e. The molecule has 30 heavy (non-hydrogen) atoms. The molecule has 1 saturated heterocycles. The van der Waals surface area contributed by atoms with Crippen molar-refractivity contribution in [1.29, 1.82) is 0 Å². The first-order valence-electron chi connectivity index (χ1n) is 9.43. The molecule has 7 nitrogen and oxygen atoms in total. The fourth-order valence-electron chi connectivity index (χ4n) is 3.82. The molecular formula is C20H19FN4O3S2. The highest BCUT2D eigenvalue weighted by molar-refractivity contribution is 7.91. The molecule has 0 radical (unpaired) electrons. The van der Waals surface area contributed by atoms with Crippen molar-refractivity contribution in [3.8, 4) is 11.4 Å². The second-order valence-electron chi connectivity index (χ2n) is 7.43. The van der Waals surface area contributed by atoms with Crippen molar-refractivity contribution in [1.82, 2.24) is 15.0 Å². The average molecular weight is 447 g/mol. The first-order valence-corrected chi connectivity index (χ1v) is 12.2. The van der Waals surface area contributed by atoms with Gasteiger partial charge in [-0.15, -0.1) is 11.3 Å². The van der Waals surface area contributed by atoms with Crippen LogP contribution in [0.3, 0.4) is 0 Å². The van der Waals surface area contributed by atoms with Crippen molar-refractivity contribution in [2.45, 2.75) is 17.9 Å². The number of ether oxygens (including phenoxy) is 1. The van der Waals surface area contributed by atoms with Crippen LogP contribution in [0.2, 0.25) is 0 Å². The van der Waals surface area contributed by atoms with E-state index in [4.69, 9.17) is 9.72 Å². The number of halogens is 1. The standard InChI is InChI=1S/C20H19FN4O3S2/c1-11-9-28-6-5-25(11)20-18-17(16(10-29-18)30(2,26)27)23-19(24-20)14-7-12(21)8-15-13(14)3-4-22-15/h3-4,7-8,10-11,22H,5-6,9H2,1-2H3/t11-/m1/s1. The molecule has 0 amide bonds. The van der Waals surface area contributed by atoms with Crippen LogP contribution in [0, 0.1) is 5.82 Å². The Balaban J connectivity index is 1.83. The third-order valence-corrected chi connectivity index (χ3v) is 7.50. The number of aromatic amines is 1. The zero-order chi connectivity index (χ0) is 21.0. The Morgan fingerprint density at radius 2 is 2.17 bits per heavy atom. The molecule has 1 fully saturated rings. The number of sulfone groups is 1. The Bertz CT molecular complexity index is 1380. The molecule has 4 heterocycles. The van der Waals surface area contributed by atoms with Crippen LogP contribution >= 0.6 is 11.3 Å². The highest BCUT2D eigenvalue weighted by Crippen LogP contribution is 2.38. The van der Waals surface area contributed by atoms with Gasteiger partial charge in [-0.2, -0.15) is 0 Å². The van der Waals surface area contributed by atoms with E-state index in [-0.39, 0.29) is 10.9 Å². The van der Waals surface area contributed by atoms with Crippen molar-refractivity contribution in [3.05, 3.63) is 35.6 Å². The molecule has 5 rings (SSSR count). The third-order valence-electron chi connectivity index (χ3n) is 5.28. The molecule has 0 spiro atoms. The third kappa shape index (κ3) is 3.15. The normalized spacial score (nSPS) is 17.8. The zero-order valence-corrected chi connectivity index (χ0v) is 18.0. The Hall–Kier alpha value is -2.56. The van der Waals surface area contributed by atoms with Crippen molar-refractivity contribution in [3.63, 3.8) is 0 Å². The number of nitrogens with one attached hydrogen (secondary N) is 1. The smallest absolute Gasteiger partial charge is 0.178 e. The number of hydrogen-bond donors (Lipinski definition) is 1. The Morgan fingerprint density at radius 3 is 2.93 bits per heavy atom. The molecule has 0 aliphatic carbocycles. The van der Waals surface area contributed by atoms with Gasteiger partial charge in [-0.05, 0) is 25.1 Å². The maximum absolute atomic E-state index is 14.3. The fourth-order valence-corrected chi connectivity index (χ4v) is 6.10. The van der Waals surface area contributed by atoms with Gasteiger partial charge in [0.25, 0.3) is 0 Å². The number of anilines is 1. The van der Waals surface area contributed by atoms with E-state index >= 15 is 0 Å². The molecule has 1 aromatic carbocycles. The van der Waals surface area contributed by atoms with Crippen LogP contribution in [-0.4, -0.2) is 55.4 Å². The summed E-state index contributed by atoms with van der Waals surface area (Å²) in [5.41, 5.74) is 1.51. The maximum atomic E-state index is 14.3. The quantitative estimate of drug-likeness (QED) is 0.517. The van der Waals surface area contributed by atoms with Gasteiger partial charge in [-0.25, -0.2) is 22.8 Å². The molecule has 1 atom stereocenters. The zero-order valence-electron chi connectivity index (χ0n) is 16.3. The Labute approximate surface area is 176 Å². The Morgan fingerprint density at radius 1 is 1.33 bits per heavy atom. The number of benzene rings is 1. The van der Waals surface area contributed by atoms with Gasteiger partial charge >= 0.3 is 0 Å². The number of fused-ring (bicyclic) bond motifs is 2. The lowest BCUT2D eigenvalue weighted by Gasteiger charge is -2.34. The summed E-state index contributed by atoms with van der Waals surface area (Å²) in [6.07, 6.45) is 2.89. The fraction of sp³-hybridized carbons (Fsp3) is 0.300. The van der Waals surface area contributed by atoms with Gasteiger partial charge in [-0.1, -0.05) is 0 Å². The molecule has 156 valence electrons. The molecule has 3 aromatic heterocycles. The van der Waals surface area contributed by atoms with Gasteiger partial charge in [-0.3, -0.25) is 0 Å². The minimum absolute atomic E-state index is 0.0632. The predicted molar refractivity (Wildman–Crippen MR) is 115 cm³/mol. The van der Waals surface area contributed by atoms with Gasteiger partial charge in [0.15, 0.2) is 21.5 Å². The highest BCUT2D eigenvalue weighted by Gasteiger charge is 2.27. The van der Waals surface area contributed by atoms with Crippen molar-refractivity contribution < 1.29 is 17.5 Å². The number of aromatic nitrogens is 3. The van der Waals surface area contributed by atoms with E-state index in [1.165, 1.54) is 29.7 Å². The van der Waals surface area contributed by atoms with E-state index in [0.717, 1.165) is 5.39 Å². The number of morpholine rings is 1. The molecule has 0 saturated carbocycles. The van der Waals surface area contributed by atoms with Crippen LogP contribution in [0.25, 0.3) is 32.5 Å². The lowest BCUT2D eigenvalue weighted by molar-refractivity contribution is 0.0987. The summed E-state index contributed by atoms with van der Waals surface area (Å²) in [5.74, 6) is 0.529. The molecule has 1 aliphatic heterocycles. The summed E-state index contributed by atoms with van der Waals surface area (Å²) in [5, 5.41) is 2.37. The second kappa shape index (κ2) is 7.00. The van der Waals surface area contributed by atoms with Crippen molar-refractivity contribution in [2.75, 3.05) is 30.9 Å². The largest absolute Gasteiger partial charge is 0.377 e. The number of nitrogens with zero attached hydrogens (tertiary/aromatic N) is 3. The van der Waals surface area contributed by atoms with Crippen LogP contribution in [-0.2, 0) is 14.6 Å². The molecule has 1 N–H and O–H groups in total. The number of H-pyrrole nitrogens is 1. The van der Waals surface area contributed by atoms with Gasteiger partial charge < -0.3 is 14.6 Å². The summed E-state index contributed by atoms with van der Waals surface area (Å²) in [7, 11) is -3.49. The number of rotatable bonds is 3. The summed E-state index contributed by atoms with van der Waals surface area (Å²) >= 11 is 1.31. The van der Waals surface area contributed by atoms with E-state index in [1.54, 1.807) is 11.6 Å². The summed E-state index contributed by atoms with van der Waals surface area (Å²) < 4.78 is 45.3. The first-order chi connectivity index (χ1) is 14.3. The van der Waals surface area contributed by atoms with E-state index in [0.29, 0.717) is 52.7 Å². The lowest BCUT2D eigenvalue weighted by atomic mass is 10.1. The van der Waals surface area contributed by atoms with Crippen LogP contribution in [0.1, 0.15) is 6.92 Å². The van der Waals surface area contributed by atoms with Crippen LogP contribution in [0.5, 0.6) is 0 Å². The molecule has 4 aromatic rings. The Kier molecular flexibility index (Phi) is 4.53. The molecule has 1 aliphatic rings. The number of hydrogen-bond acceptors (Lipinski definition) is 7. The summed E-state index contributed by atoms with van der Waals surface area (Å²) in [6.45, 7) is 3.76. The van der Waals surface area contributed by atoms with Crippen molar-refractivity contribution in [2.24, 2.45) is 0 Å². The van der Waals surface area contributed by atoms with Crippen LogP contribution < -0.4 is 4.90 Å². The average Bonchev–Trinajstić information content (AvgIpc) is 3.33. The van der Waals surface area contributed by atoms with E-state index in [9.17, 15) is 12.8 Å². The summed E-state index contributed by atoms with van der Waals surface area (Å²) in [4.78, 5) is 14.7. The van der Waals surface area contributed by atoms with Gasteiger partial charge in [0, 0.05) is 40.8 Å². The molecular weight excluding hydrogens is 427 g/mol. The molecule has 10 heteroatoms. The van der Waals surface area contributed by atoms with Gasteiger partial charge in [0.1, 0.15) is 16.2 Å². The predicted octanol–water partition coefficient (Wildman–Crippen LogP) is 3.61. The van der Waals surface area contributed by atoms with Crippen molar-refractivity contribution >= 4 is 48.1 Å². The first kappa shape index (κ1) is 19.4. The van der Waals surface area contributed by atoms with E-state index in [2.05, 4.69) is 14.9 Å². The molecule has 0 bridgehead atoms. The lowest BCUT2D eigenvalue weighted by Crippen LogP contribution is -2.44. The van der Waals surface area contributed by atoms with Gasteiger partial charge in [0.2, 0.25) is 0 Å². The second-order valence-corrected chi connectivity index (χ2v) is 10.3. The highest BCUT2D eigenvalue weighted by atomic mass is 32.2. The van der Waals surface area contributed by atoms with Gasteiger partial charge in [0.05, 0.1) is 24.0 Å².